The molecule has 134 valence electrons. The number of rotatable bonds is 6. The molecule has 0 amide bonds. The Labute approximate surface area is 160 Å². The van der Waals surface area contributed by atoms with Gasteiger partial charge in [-0.05, 0) is 68.1 Å². The molecule has 1 N–H and O–H groups in total. The normalized spacial score (nSPS) is 14.8. The van der Waals surface area contributed by atoms with Crippen LogP contribution in [0.2, 0.25) is 5.02 Å². The highest BCUT2D eigenvalue weighted by Gasteiger charge is 2.22. The number of pyridine rings is 1. The lowest BCUT2D eigenvalue weighted by Crippen LogP contribution is -2.32. The molecule has 1 fully saturated rings. The van der Waals surface area contributed by atoms with E-state index < -0.39 is 0 Å². The molecule has 0 saturated carbocycles. The topological polar surface area (TPSA) is 42.0 Å². The lowest BCUT2D eigenvalue weighted by atomic mass is 9.90. The molecule has 5 heteroatoms. The highest BCUT2D eigenvalue weighted by atomic mass is 35.5. The lowest BCUT2D eigenvalue weighted by molar-refractivity contribution is -0.123. The molecule has 1 saturated heterocycles. The van der Waals surface area contributed by atoms with Crippen LogP contribution >= 0.6 is 24.0 Å². The first kappa shape index (κ1) is 19.9. The highest BCUT2D eigenvalue weighted by molar-refractivity contribution is 6.30. The number of aryl methyl sites for hydroxylation is 2. The van der Waals surface area contributed by atoms with Crippen molar-refractivity contribution < 1.29 is 4.79 Å². The summed E-state index contributed by atoms with van der Waals surface area (Å²) in [5.74, 6) is 0.522. The second-order valence-electron chi connectivity index (χ2n) is 6.41. The minimum absolute atomic E-state index is 0. The zero-order valence-corrected chi connectivity index (χ0v) is 15.8. The third-order valence-electron chi connectivity index (χ3n) is 4.69. The van der Waals surface area contributed by atoms with E-state index in [0.717, 1.165) is 49.5 Å². The summed E-state index contributed by atoms with van der Waals surface area (Å²) in [6, 6.07) is 12.0. The summed E-state index contributed by atoms with van der Waals surface area (Å²) in [6.45, 7) is 1.89. The Balaban J connectivity index is 0.00000225. The van der Waals surface area contributed by atoms with Crippen molar-refractivity contribution in [2.45, 2.75) is 32.1 Å². The fourth-order valence-electron chi connectivity index (χ4n) is 3.28. The summed E-state index contributed by atoms with van der Waals surface area (Å²) in [4.78, 5) is 17.0. The summed E-state index contributed by atoms with van der Waals surface area (Å²) in [5.41, 5.74) is 3.31. The van der Waals surface area contributed by atoms with Gasteiger partial charge in [-0.2, -0.15) is 0 Å². The quantitative estimate of drug-likeness (QED) is 0.823. The van der Waals surface area contributed by atoms with Gasteiger partial charge in [-0.1, -0.05) is 29.8 Å². The molecule has 2 aromatic rings. The molecule has 3 nitrogen and oxygen atoms in total. The molecule has 1 aliphatic heterocycles. The molecule has 1 aromatic carbocycles. The van der Waals surface area contributed by atoms with Crippen LogP contribution in [0.5, 0.6) is 0 Å². The first-order chi connectivity index (χ1) is 11.7. The zero-order valence-electron chi connectivity index (χ0n) is 14.2. The number of nitrogens with zero attached hydrogens (tertiary/aromatic N) is 1. The SMILES string of the molecule is Cl.O=C(Cc1ncccc1CCc1cccc(Cl)c1)C1CCNCC1. The van der Waals surface area contributed by atoms with Crippen molar-refractivity contribution in [3.63, 3.8) is 0 Å². The maximum Gasteiger partial charge on any atom is 0.142 e. The van der Waals surface area contributed by atoms with Crippen LogP contribution in [0.1, 0.15) is 29.7 Å². The van der Waals surface area contributed by atoms with Crippen LogP contribution in [0.4, 0.5) is 0 Å². The monoisotopic (exact) mass is 378 g/mol. The predicted molar refractivity (Wildman–Crippen MR) is 105 cm³/mol. The smallest absolute Gasteiger partial charge is 0.142 e. The van der Waals surface area contributed by atoms with Gasteiger partial charge in [-0.3, -0.25) is 9.78 Å². The number of Topliss-reactive ketones (excluding diaryl/α,β-unsaturated/α-hetero) is 1. The van der Waals surface area contributed by atoms with Gasteiger partial charge < -0.3 is 5.32 Å². The number of nitrogens with one attached hydrogen (secondary N) is 1. The summed E-state index contributed by atoms with van der Waals surface area (Å²) in [5, 5.41) is 4.07. The Hall–Kier alpha value is -1.42. The molecule has 25 heavy (non-hydrogen) atoms. The minimum atomic E-state index is 0. The average molecular weight is 379 g/mol. The number of carbonyl (C=O) groups is 1. The van der Waals surface area contributed by atoms with Crippen LogP contribution in [0.15, 0.2) is 42.6 Å². The number of carbonyl (C=O) groups excluding carboxylic acids is 1. The molecule has 1 aromatic heterocycles. The van der Waals surface area contributed by atoms with Crippen molar-refractivity contribution in [2.24, 2.45) is 5.92 Å². The first-order valence-corrected chi connectivity index (χ1v) is 9.01. The third-order valence-corrected chi connectivity index (χ3v) is 4.93. The van der Waals surface area contributed by atoms with Gasteiger partial charge in [0, 0.05) is 23.6 Å². The molecule has 0 aliphatic carbocycles. The van der Waals surface area contributed by atoms with Gasteiger partial charge in [0.2, 0.25) is 0 Å². The van der Waals surface area contributed by atoms with E-state index in [0.29, 0.717) is 12.2 Å². The van der Waals surface area contributed by atoms with Crippen molar-refractivity contribution in [1.82, 2.24) is 10.3 Å². The van der Waals surface area contributed by atoms with Crippen molar-refractivity contribution in [3.8, 4) is 0 Å². The van der Waals surface area contributed by atoms with Crippen LogP contribution in [0.25, 0.3) is 0 Å². The fraction of sp³-hybridized carbons (Fsp3) is 0.400. The summed E-state index contributed by atoms with van der Waals surface area (Å²) in [6.07, 6.45) is 5.92. The van der Waals surface area contributed by atoms with Gasteiger partial charge in [0.05, 0.1) is 5.69 Å². The van der Waals surface area contributed by atoms with Gasteiger partial charge >= 0.3 is 0 Å². The van der Waals surface area contributed by atoms with Crippen LogP contribution < -0.4 is 5.32 Å². The molecule has 1 aliphatic rings. The standard InChI is InChI=1S/C20H23ClN2O.ClH/c21-18-5-1-3-15(13-18)6-7-16-4-2-10-23-19(16)14-20(24)17-8-11-22-12-9-17;/h1-5,10,13,17,22H,6-9,11-12,14H2;1H. The summed E-state index contributed by atoms with van der Waals surface area (Å²) in [7, 11) is 0. The molecule has 3 rings (SSSR count). The Morgan fingerprint density at radius 2 is 1.96 bits per heavy atom. The van der Waals surface area contributed by atoms with Crippen molar-refractivity contribution in [3.05, 3.63) is 64.4 Å². The Kier molecular flexibility index (Phi) is 7.89. The van der Waals surface area contributed by atoms with E-state index >= 15 is 0 Å². The lowest BCUT2D eigenvalue weighted by Gasteiger charge is -2.21. The zero-order chi connectivity index (χ0) is 16.8. The molecule has 0 radical (unpaired) electrons. The van der Waals surface area contributed by atoms with Crippen LogP contribution in [-0.4, -0.2) is 23.9 Å². The van der Waals surface area contributed by atoms with Gasteiger partial charge in [-0.15, -0.1) is 12.4 Å². The number of piperidine rings is 1. The van der Waals surface area contributed by atoms with Crippen LogP contribution in [0, 0.1) is 5.92 Å². The van der Waals surface area contributed by atoms with Crippen LogP contribution in [0.3, 0.4) is 0 Å². The second-order valence-corrected chi connectivity index (χ2v) is 6.84. The van der Waals surface area contributed by atoms with Crippen molar-refractivity contribution >= 4 is 29.8 Å². The fourth-order valence-corrected chi connectivity index (χ4v) is 3.50. The van der Waals surface area contributed by atoms with E-state index in [1.54, 1.807) is 6.20 Å². The van der Waals surface area contributed by atoms with Crippen molar-refractivity contribution in [1.29, 1.82) is 0 Å². The maximum atomic E-state index is 12.6. The van der Waals surface area contributed by atoms with E-state index in [-0.39, 0.29) is 18.3 Å². The molecule has 0 bridgehead atoms. The largest absolute Gasteiger partial charge is 0.317 e. The van der Waals surface area contributed by atoms with Gasteiger partial charge in [0.15, 0.2) is 0 Å². The third kappa shape index (κ3) is 5.81. The second kappa shape index (κ2) is 9.91. The number of ketones is 1. The van der Waals surface area contributed by atoms with Gasteiger partial charge in [0.1, 0.15) is 5.78 Å². The van der Waals surface area contributed by atoms with Gasteiger partial charge in [0.25, 0.3) is 0 Å². The highest BCUT2D eigenvalue weighted by Crippen LogP contribution is 2.18. The van der Waals surface area contributed by atoms with Gasteiger partial charge in [-0.25, -0.2) is 0 Å². The number of halogens is 2. The van der Waals surface area contributed by atoms with E-state index in [4.69, 9.17) is 11.6 Å². The molecule has 2 heterocycles. The van der Waals surface area contributed by atoms with Crippen LogP contribution in [-0.2, 0) is 24.1 Å². The van der Waals surface area contributed by atoms with E-state index in [1.165, 1.54) is 11.1 Å². The molecule has 0 atom stereocenters. The molecular formula is C20H24Cl2N2O. The predicted octanol–water partition coefficient (Wildman–Crippen LogP) is 4.05. The molecule has 0 spiro atoms. The molecule has 0 unspecified atom stereocenters. The summed E-state index contributed by atoms with van der Waals surface area (Å²) < 4.78 is 0. The number of benzene rings is 1. The van der Waals surface area contributed by atoms with E-state index in [1.807, 2.05) is 24.3 Å². The number of aromatic nitrogens is 1. The average Bonchev–Trinajstić information content (AvgIpc) is 2.62. The maximum absolute atomic E-state index is 12.6. The first-order valence-electron chi connectivity index (χ1n) is 8.63. The van der Waals surface area contributed by atoms with Crippen molar-refractivity contribution in [2.75, 3.05) is 13.1 Å². The molecular weight excluding hydrogens is 355 g/mol. The Morgan fingerprint density at radius 1 is 1.16 bits per heavy atom. The van der Waals surface area contributed by atoms with E-state index in [2.05, 4.69) is 22.4 Å². The summed E-state index contributed by atoms with van der Waals surface area (Å²) >= 11 is 6.05. The number of hydrogen-bond donors (Lipinski definition) is 1. The Morgan fingerprint density at radius 3 is 2.72 bits per heavy atom. The minimum Gasteiger partial charge on any atom is -0.317 e. The number of hydrogen-bond acceptors (Lipinski definition) is 3. The Bertz CT molecular complexity index is 700. The van der Waals surface area contributed by atoms with E-state index in [9.17, 15) is 4.79 Å².